The van der Waals surface area contributed by atoms with Gasteiger partial charge in [0, 0.05) is 44.1 Å². The van der Waals surface area contributed by atoms with Gasteiger partial charge in [-0.25, -0.2) is 9.37 Å². The average molecular weight is 330 g/mol. The van der Waals surface area contributed by atoms with Crippen molar-refractivity contribution in [1.29, 1.82) is 0 Å². The van der Waals surface area contributed by atoms with Gasteiger partial charge in [0.25, 0.3) is 5.91 Å². The summed E-state index contributed by atoms with van der Waals surface area (Å²) in [5, 5.41) is 0. The van der Waals surface area contributed by atoms with Crippen molar-refractivity contribution in [2.45, 2.75) is 13.0 Å². The number of imidazole rings is 1. The average Bonchev–Trinajstić information content (AvgIpc) is 3.15. The molecule has 1 atom stereocenters. The predicted octanol–water partition coefficient (Wildman–Crippen LogP) is 1.57. The molecule has 126 valence electrons. The van der Waals surface area contributed by atoms with Crippen LogP contribution in [-0.4, -0.2) is 57.3 Å². The van der Waals surface area contributed by atoms with Crippen LogP contribution in [0.5, 0.6) is 0 Å². The maximum absolute atomic E-state index is 12.9. The molecule has 1 saturated heterocycles. The highest BCUT2D eigenvalue weighted by Gasteiger charge is 2.27. The Morgan fingerprint density at radius 3 is 2.29 bits per heavy atom. The number of nitrogens with zero attached hydrogens (tertiary/aromatic N) is 4. The van der Waals surface area contributed by atoms with Crippen LogP contribution in [0.15, 0.2) is 43.0 Å². The molecule has 0 saturated carbocycles. The van der Waals surface area contributed by atoms with Crippen LogP contribution in [0.2, 0.25) is 0 Å². The number of piperazine rings is 1. The molecule has 0 N–H and O–H groups in total. The smallest absolute Gasteiger partial charge is 0.253 e. The summed E-state index contributed by atoms with van der Waals surface area (Å²) in [6, 6.07) is 5.21. The summed E-state index contributed by atoms with van der Waals surface area (Å²) in [7, 11) is 0. The van der Waals surface area contributed by atoms with Gasteiger partial charge in [-0.3, -0.25) is 9.59 Å². The van der Waals surface area contributed by atoms with Crippen LogP contribution >= 0.6 is 0 Å². The molecular weight excluding hydrogens is 311 g/mol. The Morgan fingerprint density at radius 2 is 1.71 bits per heavy atom. The Hall–Kier alpha value is -2.70. The fourth-order valence-corrected chi connectivity index (χ4v) is 2.80. The first-order valence-electron chi connectivity index (χ1n) is 7.87. The Balaban J connectivity index is 1.58. The lowest BCUT2D eigenvalue weighted by Gasteiger charge is -2.36. The molecule has 1 fully saturated rings. The quantitative estimate of drug-likeness (QED) is 0.858. The third-order valence-corrected chi connectivity index (χ3v) is 4.30. The monoisotopic (exact) mass is 330 g/mol. The van der Waals surface area contributed by atoms with Crippen LogP contribution in [0.25, 0.3) is 0 Å². The molecule has 1 aliphatic rings. The van der Waals surface area contributed by atoms with E-state index in [1.165, 1.54) is 24.3 Å². The highest BCUT2D eigenvalue weighted by atomic mass is 19.1. The molecule has 7 heteroatoms. The third kappa shape index (κ3) is 3.29. The van der Waals surface area contributed by atoms with E-state index >= 15 is 0 Å². The van der Waals surface area contributed by atoms with E-state index in [0.29, 0.717) is 31.7 Å². The molecule has 2 amide bonds. The van der Waals surface area contributed by atoms with Gasteiger partial charge in [0.15, 0.2) is 0 Å². The molecule has 0 spiro atoms. The first-order valence-corrected chi connectivity index (χ1v) is 7.87. The maximum atomic E-state index is 12.9. The second-order valence-electron chi connectivity index (χ2n) is 5.81. The third-order valence-electron chi connectivity index (χ3n) is 4.30. The lowest BCUT2D eigenvalue weighted by molar-refractivity contribution is -0.135. The molecule has 3 rings (SSSR count). The second-order valence-corrected chi connectivity index (χ2v) is 5.81. The number of carbonyl (C=O) groups is 2. The van der Waals surface area contributed by atoms with Crippen molar-refractivity contribution in [3.63, 3.8) is 0 Å². The van der Waals surface area contributed by atoms with Crippen LogP contribution < -0.4 is 0 Å². The normalized spacial score (nSPS) is 16.1. The summed E-state index contributed by atoms with van der Waals surface area (Å²) < 4.78 is 14.7. The molecule has 1 aromatic carbocycles. The van der Waals surface area contributed by atoms with E-state index in [-0.39, 0.29) is 23.7 Å². The number of aromatic nitrogens is 2. The van der Waals surface area contributed by atoms with Crippen molar-refractivity contribution in [2.75, 3.05) is 26.2 Å². The molecular formula is C17H19FN4O2. The Morgan fingerprint density at radius 1 is 1.08 bits per heavy atom. The number of rotatable bonds is 3. The van der Waals surface area contributed by atoms with Crippen LogP contribution in [0, 0.1) is 5.82 Å². The molecule has 1 unspecified atom stereocenters. The van der Waals surface area contributed by atoms with Crippen molar-refractivity contribution in [1.82, 2.24) is 19.4 Å². The van der Waals surface area contributed by atoms with Gasteiger partial charge in [-0.1, -0.05) is 0 Å². The number of amides is 2. The fourth-order valence-electron chi connectivity index (χ4n) is 2.80. The summed E-state index contributed by atoms with van der Waals surface area (Å²) in [6.45, 7) is 3.76. The summed E-state index contributed by atoms with van der Waals surface area (Å²) in [5.74, 6) is -0.484. The summed E-state index contributed by atoms with van der Waals surface area (Å²) in [6.07, 6.45) is 5.02. The highest BCUT2D eigenvalue weighted by Crippen LogP contribution is 2.14. The van der Waals surface area contributed by atoms with Crippen LogP contribution in [0.1, 0.15) is 23.3 Å². The Kier molecular flexibility index (Phi) is 4.59. The maximum Gasteiger partial charge on any atom is 0.253 e. The van der Waals surface area contributed by atoms with E-state index in [2.05, 4.69) is 4.98 Å². The SMILES string of the molecule is CC(C(=O)N1CCN(C(=O)c2ccc(F)cc2)CC1)n1ccnc1. The molecule has 1 aromatic heterocycles. The van der Waals surface area contributed by atoms with Gasteiger partial charge >= 0.3 is 0 Å². The Labute approximate surface area is 139 Å². The first kappa shape index (κ1) is 16.2. The van der Waals surface area contributed by atoms with Gasteiger partial charge in [0.2, 0.25) is 5.91 Å². The van der Waals surface area contributed by atoms with Crippen molar-refractivity contribution in [3.8, 4) is 0 Å². The van der Waals surface area contributed by atoms with E-state index < -0.39 is 0 Å². The molecule has 0 bridgehead atoms. The Bertz CT molecular complexity index is 707. The number of hydrogen-bond acceptors (Lipinski definition) is 3. The topological polar surface area (TPSA) is 58.4 Å². The fraction of sp³-hybridized carbons (Fsp3) is 0.353. The zero-order valence-corrected chi connectivity index (χ0v) is 13.4. The van der Waals surface area contributed by atoms with Gasteiger partial charge in [-0.2, -0.15) is 0 Å². The number of benzene rings is 1. The second kappa shape index (κ2) is 6.82. The molecule has 0 radical (unpaired) electrons. The van der Waals surface area contributed by atoms with E-state index in [4.69, 9.17) is 0 Å². The summed E-state index contributed by atoms with van der Waals surface area (Å²) in [4.78, 5) is 32.3. The van der Waals surface area contributed by atoms with Crippen molar-refractivity contribution < 1.29 is 14.0 Å². The van der Waals surface area contributed by atoms with Gasteiger partial charge in [-0.15, -0.1) is 0 Å². The number of halogens is 1. The number of carbonyl (C=O) groups excluding carboxylic acids is 2. The minimum absolute atomic E-state index is 0.0156. The molecule has 24 heavy (non-hydrogen) atoms. The van der Waals surface area contributed by atoms with E-state index in [1.807, 2.05) is 6.92 Å². The van der Waals surface area contributed by atoms with Crippen molar-refractivity contribution in [2.24, 2.45) is 0 Å². The highest BCUT2D eigenvalue weighted by molar-refractivity contribution is 5.94. The van der Waals surface area contributed by atoms with Crippen LogP contribution in [-0.2, 0) is 4.79 Å². The van der Waals surface area contributed by atoms with E-state index in [0.717, 1.165) is 0 Å². The minimum Gasteiger partial charge on any atom is -0.337 e. The summed E-state index contributed by atoms with van der Waals surface area (Å²) >= 11 is 0. The van der Waals surface area contributed by atoms with E-state index in [9.17, 15) is 14.0 Å². The summed E-state index contributed by atoms with van der Waals surface area (Å²) in [5.41, 5.74) is 0.461. The van der Waals surface area contributed by atoms with Gasteiger partial charge < -0.3 is 14.4 Å². The lowest BCUT2D eigenvalue weighted by atomic mass is 10.1. The first-order chi connectivity index (χ1) is 11.6. The van der Waals surface area contributed by atoms with Crippen molar-refractivity contribution >= 4 is 11.8 Å². The lowest BCUT2D eigenvalue weighted by Crippen LogP contribution is -2.51. The molecule has 0 aliphatic carbocycles. The van der Waals surface area contributed by atoms with Gasteiger partial charge in [0.05, 0.1) is 6.33 Å². The molecule has 2 aromatic rings. The van der Waals surface area contributed by atoms with Gasteiger partial charge in [-0.05, 0) is 31.2 Å². The minimum atomic E-state index is -0.365. The van der Waals surface area contributed by atoms with E-state index in [1.54, 1.807) is 33.1 Å². The van der Waals surface area contributed by atoms with Crippen LogP contribution in [0.3, 0.4) is 0 Å². The zero-order chi connectivity index (χ0) is 17.1. The molecule has 6 nitrogen and oxygen atoms in total. The van der Waals surface area contributed by atoms with Crippen LogP contribution in [0.4, 0.5) is 4.39 Å². The zero-order valence-electron chi connectivity index (χ0n) is 13.4. The molecule has 2 heterocycles. The van der Waals surface area contributed by atoms with Gasteiger partial charge in [0.1, 0.15) is 11.9 Å². The largest absolute Gasteiger partial charge is 0.337 e. The predicted molar refractivity (Wildman–Crippen MR) is 85.8 cm³/mol. The standard InChI is InChI=1S/C17H19FN4O2/c1-13(22-7-6-19-12-22)16(23)20-8-10-21(11-9-20)17(24)14-2-4-15(18)5-3-14/h2-7,12-13H,8-11H2,1H3. The number of hydrogen-bond donors (Lipinski definition) is 0. The van der Waals surface area contributed by atoms with Crippen molar-refractivity contribution in [3.05, 3.63) is 54.4 Å². The molecule has 1 aliphatic heterocycles.